The van der Waals surface area contributed by atoms with E-state index in [9.17, 15) is 0 Å². The standard InChI is InChI=1S/C56H39N3/c1-56(2)49-28-15-14-27-44(49)46-32-47-45(33-51(36-17-6-3-7-18-36)57-54(47)34-50(46)56)41-25-16-24-39(29-41)42-30-40-23-12-13-26-43(40)48(31-42)55-58-52(37-19-8-4-9-20-37)35-53(59-55)38-21-10-5-11-22-38/h3-35H,1-2H3. The first-order chi connectivity index (χ1) is 29.0. The fourth-order valence-corrected chi connectivity index (χ4v) is 9.03. The number of aromatic nitrogens is 3. The van der Waals surface area contributed by atoms with Crippen LogP contribution in [0.2, 0.25) is 0 Å². The maximum atomic E-state index is 5.34. The van der Waals surface area contributed by atoms with Gasteiger partial charge in [0.05, 0.1) is 22.6 Å². The Hall–Kier alpha value is -7.49. The zero-order valence-corrected chi connectivity index (χ0v) is 32.9. The van der Waals surface area contributed by atoms with Gasteiger partial charge in [-0.3, -0.25) is 0 Å². The molecule has 0 unspecified atom stereocenters. The van der Waals surface area contributed by atoms with Crippen molar-refractivity contribution in [2.45, 2.75) is 19.3 Å². The molecule has 11 rings (SSSR count). The highest BCUT2D eigenvalue weighted by Crippen LogP contribution is 2.50. The molecule has 0 radical (unpaired) electrons. The molecule has 0 saturated carbocycles. The second kappa shape index (κ2) is 13.9. The fraction of sp³-hybridized carbons (Fsp3) is 0.0536. The van der Waals surface area contributed by atoms with Gasteiger partial charge < -0.3 is 0 Å². The van der Waals surface area contributed by atoms with Crippen molar-refractivity contribution in [3.63, 3.8) is 0 Å². The molecule has 0 aliphatic heterocycles. The Morgan fingerprint density at radius 3 is 1.59 bits per heavy atom. The first kappa shape index (κ1) is 34.7. The van der Waals surface area contributed by atoms with Crippen molar-refractivity contribution in [3.8, 4) is 78.5 Å². The van der Waals surface area contributed by atoms with Crippen molar-refractivity contribution in [1.29, 1.82) is 0 Å². The molecule has 0 N–H and O–H groups in total. The number of hydrogen-bond donors (Lipinski definition) is 0. The predicted molar refractivity (Wildman–Crippen MR) is 245 cm³/mol. The van der Waals surface area contributed by atoms with E-state index in [2.05, 4.69) is 202 Å². The molecule has 0 spiro atoms. The van der Waals surface area contributed by atoms with Crippen LogP contribution < -0.4 is 0 Å². The Bertz CT molecular complexity index is 3170. The van der Waals surface area contributed by atoms with Crippen LogP contribution in [0.3, 0.4) is 0 Å². The molecule has 0 fully saturated rings. The summed E-state index contributed by atoms with van der Waals surface area (Å²) < 4.78 is 0. The Morgan fingerprint density at radius 2 is 0.898 bits per heavy atom. The number of nitrogens with zero attached hydrogens (tertiary/aromatic N) is 3. The normalized spacial score (nSPS) is 12.7. The molecular formula is C56H39N3. The van der Waals surface area contributed by atoms with Crippen LogP contribution in [-0.2, 0) is 5.41 Å². The van der Waals surface area contributed by atoms with Crippen LogP contribution in [0, 0.1) is 0 Å². The Morgan fingerprint density at radius 1 is 0.322 bits per heavy atom. The van der Waals surface area contributed by atoms with Gasteiger partial charge in [-0.05, 0) is 97.7 Å². The van der Waals surface area contributed by atoms with Gasteiger partial charge in [0.1, 0.15) is 0 Å². The highest BCUT2D eigenvalue weighted by molar-refractivity contribution is 6.03. The van der Waals surface area contributed by atoms with Gasteiger partial charge in [-0.2, -0.15) is 0 Å². The van der Waals surface area contributed by atoms with Crippen molar-refractivity contribution in [1.82, 2.24) is 15.0 Å². The third-order valence-corrected chi connectivity index (χ3v) is 12.1. The molecule has 2 aromatic heterocycles. The average molecular weight is 754 g/mol. The highest BCUT2D eigenvalue weighted by Gasteiger charge is 2.36. The average Bonchev–Trinajstić information content (AvgIpc) is 3.53. The molecule has 1 aliphatic carbocycles. The summed E-state index contributed by atoms with van der Waals surface area (Å²) >= 11 is 0. The molecule has 278 valence electrons. The Kier molecular flexibility index (Phi) is 8.16. The molecule has 2 heterocycles. The van der Waals surface area contributed by atoms with Crippen molar-refractivity contribution in [2.75, 3.05) is 0 Å². The first-order valence-corrected chi connectivity index (χ1v) is 20.3. The minimum atomic E-state index is -0.120. The van der Waals surface area contributed by atoms with E-state index in [1.165, 1.54) is 22.3 Å². The monoisotopic (exact) mass is 753 g/mol. The van der Waals surface area contributed by atoms with Crippen LogP contribution in [0.5, 0.6) is 0 Å². The van der Waals surface area contributed by atoms with Gasteiger partial charge in [-0.25, -0.2) is 15.0 Å². The van der Waals surface area contributed by atoms with Crippen LogP contribution in [0.1, 0.15) is 25.0 Å². The van der Waals surface area contributed by atoms with Crippen molar-refractivity contribution >= 4 is 21.7 Å². The van der Waals surface area contributed by atoms with E-state index in [1.807, 2.05) is 12.1 Å². The molecule has 8 aromatic carbocycles. The third-order valence-electron chi connectivity index (χ3n) is 12.1. The Labute approximate surface area is 344 Å². The summed E-state index contributed by atoms with van der Waals surface area (Å²) in [6.07, 6.45) is 0. The van der Waals surface area contributed by atoms with E-state index in [-0.39, 0.29) is 5.41 Å². The number of fused-ring (bicyclic) bond motifs is 5. The van der Waals surface area contributed by atoms with E-state index in [0.717, 1.165) is 83.3 Å². The summed E-state index contributed by atoms with van der Waals surface area (Å²) in [5.41, 5.74) is 17.6. The second-order valence-corrected chi connectivity index (χ2v) is 16.0. The summed E-state index contributed by atoms with van der Waals surface area (Å²) in [6.45, 7) is 4.66. The van der Waals surface area contributed by atoms with Crippen LogP contribution in [0.4, 0.5) is 0 Å². The van der Waals surface area contributed by atoms with Crippen molar-refractivity contribution in [2.24, 2.45) is 0 Å². The number of rotatable bonds is 6. The summed E-state index contributed by atoms with van der Waals surface area (Å²) in [5, 5.41) is 3.39. The van der Waals surface area contributed by atoms with Gasteiger partial charge in [0, 0.05) is 33.1 Å². The van der Waals surface area contributed by atoms with Gasteiger partial charge in [0.2, 0.25) is 0 Å². The van der Waals surface area contributed by atoms with E-state index in [4.69, 9.17) is 15.0 Å². The minimum Gasteiger partial charge on any atom is -0.248 e. The molecule has 0 atom stereocenters. The van der Waals surface area contributed by atoms with E-state index in [0.29, 0.717) is 5.82 Å². The number of hydrogen-bond acceptors (Lipinski definition) is 3. The highest BCUT2D eigenvalue weighted by atomic mass is 14.9. The van der Waals surface area contributed by atoms with E-state index >= 15 is 0 Å². The van der Waals surface area contributed by atoms with Gasteiger partial charge in [-0.1, -0.05) is 172 Å². The van der Waals surface area contributed by atoms with Crippen LogP contribution in [0.15, 0.2) is 200 Å². The Balaban J connectivity index is 1.11. The molecule has 1 aliphatic rings. The summed E-state index contributed by atoms with van der Waals surface area (Å²) in [7, 11) is 0. The number of benzene rings is 8. The summed E-state index contributed by atoms with van der Waals surface area (Å²) in [5.74, 6) is 0.698. The minimum absolute atomic E-state index is 0.120. The van der Waals surface area contributed by atoms with E-state index in [1.54, 1.807) is 0 Å². The predicted octanol–water partition coefficient (Wildman–Crippen LogP) is 14.5. The molecule has 59 heavy (non-hydrogen) atoms. The van der Waals surface area contributed by atoms with Crippen LogP contribution in [0.25, 0.3) is 100 Å². The molecule has 0 amide bonds. The second-order valence-electron chi connectivity index (χ2n) is 16.0. The number of pyridine rings is 1. The first-order valence-electron chi connectivity index (χ1n) is 20.3. The molecule has 3 heteroatoms. The third kappa shape index (κ3) is 6.02. The van der Waals surface area contributed by atoms with Crippen molar-refractivity contribution in [3.05, 3.63) is 211 Å². The zero-order chi connectivity index (χ0) is 39.5. The topological polar surface area (TPSA) is 38.7 Å². The molecule has 3 nitrogen and oxygen atoms in total. The van der Waals surface area contributed by atoms with Crippen LogP contribution >= 0.6 is 0 Å². The SMILES string of the molecule is CC1(C)c2ccccc2-c2cc3c(-c4cccc(-c5cc(-c6nc(-c7ccccc7)cc(-c7ccccc7)n6)c6ccccc6c5)c4)cc(-c4ccccc4)nc3cc21. The molecular weight excluding hydrogens is 715 g/mol. The van der Waals surface area contributed by atoms with Gasteiger partial charge >= 0.3 is 0 Å². The van der Waals surface area contributed by atoms with Gasteiger partial charge in [0.25, 0.3) is 0 Å². The zero-order valence-electron chi connectivity index (χ0n) is 32.9. The summed E-state index contributed by atoms with van der Waals surface area (Å²) in [4.78, 5) is 15.9. The lowest BCUT2D eigenvalue weighted by molar-refractivity contribution is 0.661. The quantitative estimate of drug-likeness (QED) is 0.170. The smallest absolute Gasteiger partial charge is 0.161 e. The molecule has 10 aromatic rings. The van der Waals surface area contributed by atoms with Crippen LogP contribution in [-0.4, -0.2) is 15.0 Å². The van der Waals surface area contributed by atoms with Gasteiger partial charge in [-0.15, -0.1) is 0 Å². The summed E-state index contributed by atoms with van der Waals surface area (Å²) in [6, 6.07) is 71.3. The fourth-order valence-electron chi connectivity index (χ4n) is 9.03. The van der Waals surface area contributed by atoms with Crippen molar-refractivity contribution < 1.29 is 0 Å². The lowest BCUT2D eigenvalue weighted by atomic mass is 9.82. The lowest BCUT2D eigenvalue weighted by Gasteiger charge is -2.22. The largest absolute Gasteiger partial charge is 0.248 e. The molecule has 0 bridgehead atoms. The lowest BCUT2D eigenvalue weighted by Crippen LogP contribution is -2.14. The maximum absolute atomic E-state index is 5.34. The maximum Gasteiger partial charge on any atom is 0.161 e. The molecule has 0 saturated heterocycles. The van der Waals surface area contributed by atoms with E-state index < -0.39 is 0 Å². The van der Waals surface area contributed by atoms with Gasteiger partial charge in [0.15, 0.2) is 5.82 Å².